The Morgan fingerprint density at radius 3 is 2.43 bits per heavy atom. The van der Waals surface area contributed by atoms with Crippen molar-refractivity contribution in [3.05, 3.63) is 29.3 Å². The second-order valence-electron chi connectivity index (χ2n) is 6.41. The lowest BCUT2D eigenvalue weighted by atomic mass is 9.88. The van der Waals surface area contributed by atoms with Gasteiger partial charge in [0.15, 0.2) is 5.78 Å². The van der Waals surface area contributed by atoms with Crippen LogP contribution in [0.15, 0.2) is 18.2 Å². The van der Waals surface area contributed by atoms with Crippen LogP contribution in [0.3, 0.4) is 0 Å². The lowest BCUT2D eigenvalue weighted by molar-refractivity contribution is 0.0853. The van der Waals surface area contributed by atoms with Gasteiger partial charge in [0.05, 0.1) is 7.11 Å². The molecule has 0 saturated carbocycles. The van der Waals surface area contributed by atoms with Crippen LogP contribution in [0, 0.1) is 12.8 Å². The molecule has 5 nitrogen and oxygen atoms in total. The highest BCUT2D eigenvalue weighted by Crippen LogP contribution is 2.25. The number of nitrogens with zero attached hydrogens (tertiary/aromatic N) is 1. The molecule has 0 atom stereocenters. The van der Waals surface area contributed by atoms with Crippen molar-refractivity contribution in [2.45, 2.75) is 39.7 Å². The number of ketones is 1. The van der Waals surface area contributed by atoms with Gasteiger partial charge in [-0.3, -0.25) is 4.79 Å². The summed E-state index contributed by atoms with van der Waals surface area (Å²) in [6, 6.07) is 5.65. The van der Waals surface area contributed by atoms with Crippen molar-refractivity contribution in [3.63, 3.8) is 0 Å². The van der Waals surface area contributed by atoms with Crippen molar-refractivity contribution in [1.29, 1.82) is 0 Å². The van der Waals surface area contributed by atoms with Gasteiger partial charge < -0.3 is 15.0 Å². The zero-order valence-electron chi connectivity index (χ0n) is 14.4. The second-order valence-corrected chi connectivity index (χ2v) is 6.41. The van der Waals surface area contributed by atoms with Gasteiger partial charge in [-0.1, -0.05) is 0 Å². The van der Waals surface area contributed by atoms with Crippen molar-refractivity contribution in [1.82, 2.24) is 10.2 Å². The van der Waals surface area contributed by atoms with E-state index in [0.29, 0.717) is 13.1 Å². The number of carbonyl (C=O) groups is 2. The Morgan fingerprint density at radius 1 is 1.26 bits per heavy atom. The molecule has 1 aromatic rings. The minimum atomic E-state index is -0.0359. The van der Waals surface area contributed by atoms with Crippen LogP contribution in [0.25, 0.3) is 0 Å². The second kappa shape index (κ2) is 7.49. The molecule has 23 heavy (non-hydrogen) atoms. The van der Waals surface area contributed by atoms with Crippen molar-refractivity contribution >= 4 is 11.8 Å². The number of nitrogens with one attached hydrogen (secondary N) is 1. The Kier molecular flexibility index (Phi) is 5.64. The van der Waals surface area contributed by atoms with Crippen LogP contribution in [0.4, 0.5) is 4.79 Å². The number of amides is 2. The molecule has 0 aromatic heterocycles. The fraction of sp³-hybridized carbons (Fsp3) is 0.556. The number of hydrogen-bond donors (Lipinski definition) is 1. The molecule has 2 amide bonds. The van der Waals surface area contributed by atoms with E-state index in [-0.39, 0.29) is 23.8 Å². The quantitative estimate of drug-likeness (QED) is 0.868. The van der Waals surface area contributed by atoms with Crippen LogP contribution in [0.5, 0.6) is 5.75 Å². The van der Waals surface area contributed by atoms with Gasteiger partial charge in [0.1, 0.15) is 5.75 Å². The van der Waals surface area contributed by atoms with E-state index in [0.717, 1.165) is 29.7 Å². The van der Waals surface area contributed by atoms with Crippen LogP contribution in [0.1, 0.15) is 42.6 Å². The van der Waals surface area contributed by atoms with E-state index in [2.05, 4.69) is 5.32 Å². The number of benzene rings is 1. The molecule has 0 radical (unpaired) electrons. The number of methoxy groups -OCH3 is 1. The van der Waals surface area contributed by atoms with Crippen LogP contribution >= 0.6 is 0 Å². The van der Waals surface area contributed by atoms with Gasteiger partial charge in [-0.15, -0.1) is 0 Å². The molecule has 2 rings (SSSR count). The van der Waals surface area contributed by atoms with Crippen molar-refractivity contribution in [3.8, 4) is 5.75 Å². The topological polar surface area (TPSA) is 58.6 Å². The predicted octanol–water partition coefficient (Wildman–Crippen LogP) is 3.02. The van der Waals surface area contributed by atoms with E-state index in [4.69, 9.17) is 4.74 Å². The first-order valence-corrected chi connectivity index (χ1v) is 8.16. The smallest absolute Gasteiger partial charge is 0.317 e. The average molecular weight is 318 g/mol. The highest BCUT2D eigenvalue weighted by molar-refractivity contribution is 5.98. The first-order valence-electron chi connectivity index (χ1n) is 8.16. The standard InChI is InChI=1S/C18H26N2O3/c1-12(2)19-18(22)20-9-7-14(8-10-20)17(21)15-5-6-16(23-4)13(3)11-15/h5-6,11-12,14H,7-10H2,1-4H3,(H,19,22). The third-order valence-electron chi connectivity index (χ3n) is 4.24. The highest BCUT2D eigenvalue weighted by Gasteiger charge is 2.28. The summed E-state index contributed by atoms with van der Waals surface area (Å²) in [5.74, 6) is 0.951. The molecule has 0 spiro atoms. The summed E-state index contributed by atoms with van der Waals surface area (Å²) in [5, 5.41) is 2.90. The Hall–Kier alpha value is -2.04. The summed E-state index contributed by atoms with van der Waals surface area (Å²) in [6.07, 6.45) is 1.44. The van der Waals surface area contributed by atoms with Gasteiger partial charge in [0.25, 0.3) is 0 Å². The summed E-state index contributed by atoms with van der Waals surface area (Å²) in [7, 11) is 1.63. The number of ether oxygens (including phenoxy) is 1. The van der Waals surface area contributed by atoms with E-state index in [1.165, 1.54) is 0 Å². The number of urea groups is 1. The molecule has 1 aliphatic rings. The number of carbonyl (C=O) groups excluding carboxylic acids is 2. The third kappa shape index (κ3) is 4.24. The van der Waals surface area contributed by atoms with E-state index >= 15 is 0 Å². The van der Waals surface area contributed by atoms with Crippen LogP contribution in [-0.2, 0) is 0 Å². The lowest BCUT2D eigenvalue weighted by Gasteiger charge is -2.32. The molecule has 0 bridgehead atoms. The Morgan fingerprint density at radius 2 is 1.91 bits per heavy atom. The maximum atomic E-state index is 12.6. The molecule has 5 heteroatoms. The molecule has 126 valence electrons. The van der Waals surface area contributed by atoms with Gasteiger partial charge in [0, 0.05) is 30.6 Å². The minimum absolute atomic E-state index is 0.00843. The number of hydrogen-bond acceptors (Lipinski definition) is 3. The number of rotatable bonds is 4. The molecule has 1 aromatic carbocycles. The van der Waals surface area contributed by atoms with Crippen LogP contribution in [0.2, 0.25) is 0 Å². The molecule has 0 unspecified atom stereocenters. The fourth-order valence-electron chi connectivity index (χ4n) is 2.95. The Bertz CT molecular complexity index is 576. The zero-order valence-corrected chi connectivity index (χ0v) is 14.4. The van der Waals surface area contributed by atoms with Crippen molar-refractivity contribution in [2.75, 3.05) is 20.2 Å². The zero-order chi connectivity index (χ0) is 17.0. The van der Waals surface area contributed by atoms with E-state index < -0.39 is 0 Å². The Balaban J connectivity index is 1.96. The SMILES string of the molecule is COc1ccc(C(=O)C2CCN(C(=O)NC(C)C)CC2)cc1C. The largest absolute Gasteiger partial charge is 0.496 e. The molecule has 1 fully saturated rings. The average Bonchev–Trinajstić information content (AvgIpc) is 2.53. The Labute approximate surface area is 138 Å². The first-order chi connectivity index (χ1) is 10.9. The minimum Gasteiger partial charge on any atom is -0.496 e. The molecule has 1 saturated heterocycles. The maximum Gasteiger partial charge on any atom is 0.317 e. The fourth-order valence-corrected chi connectivity index (χ4v) is 2.95. The molecule has 0 aliphatic carbocycles. The summed E-state index contributed by atoms with van der Waals surface area (Å²) in [4.78, 5) is 26.4. The first kappa shape index (κ1) is 17.3. The van der Waals surface area contributed by atoms with Crippen molar-refractivity contribution < 1.29 is 14.3 Å². The monoisotopic (exact) mass is 318 g/mol. The summed E-state index contributed by atoms with van der Waals surface area (Å²) in [6.45, 7) is 7.09. The number of piperidine rings is 1. The number of Topliss-reactive ketones (excluding diaryl/α,β-unsaturated/α-hetero) is 1. The predicted molar refractivity (Wildman–Crippen MR) is 90.0 cm³/mol. The number of aryl methyl sites for hydroxylation is 1. The molecular weight excluding hydrogens is 292 g/mol. The molecule has 1 N–H and O–H groups in total. The van der Waals surface area contributed by atoms with Gasteiger partial charge in [0.2, 0.25) is 0 Å². The summed E-state index contributed by atoms with van der Waals surface area (Å²) in [5.41, 5.74) is 1.69. The maximum absolute atomic E-state index is 12.6. The summed E-state index contributed by atoms with van der Waals surface area (Å²) < 4.78 is 5.23. The van der Waals surface area contributed by atoms with Crippen molar-refractivity contribution in [2.24, 2.45) is 5.92 Å². The van der Waals surface area contributed by atoms with E-state index in [9.17, 15) is 9.59 Å². The third-order valence-corrected chi connectivity index (χ3v) is 4.24. The highest BCUT2D eigenvalue weighted by atomic mass is 16.5. The van der Waals surface area contributed by atoms with Crippen LogP contribution in [-0.4, -0.2) is 43.0 Å². The van der Waals surface area contributed by atoms with Gasteiger partial charge in [-0.2, -0.15) is 0 Å². The normalized spacial score (nSPS) is 15.6. The summed E-state index contributed by atoms with van der Waals surface area (Å²) >= 11 is 0. The van der Waals surface area contributed by atoms with Gasteiger partial charge >= 0.3 is 6.03 Å². The number of likely N-dealkylation sites (tertiary alicyclic amines) is 1. The van der Waals surface area contributed by atoms with E-state index in [1.54, 1.807) is 12.0 Å². The van der Waals surface area contributed by atoms with E-state index in [1.807, 2.05) is 39.0 Å². The molecule has 1 heterocycles. The van der Waals surface area contributed by atoms with Gasteiger partial charge in [-0.25, -0.2) is 4.79 Å². The van der Waals surface area contributed by atoms with Gasteiger partial charge in [-0.05, 0) is 57.4 Å². The van der Waals surface area contributed by atoms with Crippen LogP contribution < -0.4 is 10.1 Å². The molecule has 1 aliphatic heterocycles. The lowest BCUT2D eigenvalue weighted by Crippen LogP contribution is -2.47. The molecular formula is C18H26N2O3.